The van der Waals surface area contributed by atoms with E-state index >= 15 is 0 Å². The van der Waals surface area contributed by atoms with E-state index in [-0.39, 0.29) is 17.4 Å². The van der Waals surface area contributed by atoms with E-state index in [9.17, 15) is 9.18 Å². The van der Waals surface area contributed by atoms with Crippen LogP contribution in [-0.2, 0) is 6.42 Å². The highest BCUT2D eigenvalue weighted by molar-refractivity contribution is 6.31. The highest BCUT2D eigenvalue weighted by Gasteiger charge is 2.08. The number of carbonyl (C=O) groups excluding carboxylic acids is 1. The van der Waals surface area contributed by atoms with E-state index in [4.69, 9.17) is 11.6 Å². The Balaban J connectivity index is 1.53. The molecule has 1 amide bonds. The zero-order valence-corrected chi connectivity index (χ0v) is 15.4. The third-order valence-corrected chi connectivity index (χ3v) is 4.35. The molecule has 0 saturated carbocycles. The van der Waals surface area contributed by atoms with Gasteiger partial charge in [-0.25, -0.2) is 14.4 Å². The lowest BCUT2D eigenvalue weighted by molar-refractivity contribution is 0.0949. The second kappa shape index (κ2) is 8.60. The summed E-state index contributed by atoms with van der Waals surface area (Å²) in [6.07, 6.45) is 3.50. The molecule has 0 atom stereocenters. The molecule has 0 spiro atoms. The van der Waals surface area contributed by atoms with Gasteiger partial charge >= 0.3 is 0 Å². The first-order valence-corrected chi connectivity index (χ1v) is 8.77. The maximum absolute atomic E-state index is 12.9. The molecule has 0 radical (unpaired) electrons. The quantitative estimate of drug-likeness (QED) is 0.665. The lowest BCUT2D eigenvalue weighted by Crippen LogP contribution is -2.26. The van der Waals surface area contributed by atoms with Gasteiger partial charge in [-0.3, -0.25) is 4.79 Å². The zero-order valence-electron chi connectivity index (χ0n) is 14.7. The Kier molecular flexibility index (Phi) is 5.98. The van der Waals surface area contributed by atoms with Crippen molar-refractivity contribution in [1.29, 1.82) is 0 Å². The molecule has 0 aliphatic heterocycles. The first-order chi connectivity index (χ1) is 13.0. The summed E-state index contributed by atoms with van der Waals surface area (Å²) in [5.74, 6) is -0.0769. The molecule has 0 unspecified atom stereocenters. The Labute approximate surface area is 161 Å². The summed E-state index contributed by atoms with van der Waals surface area (Å²) < 4.78 is 12.9. The first-order valence-electron chi connectivity index (χ1n) is 8.39. The Morgan fingerprint density at radius 3 is 2.56 bits per heavy atom. The SMILES string of the molecule is Cc1ccc(Nc2cnc(C(=O)NCCc3ccc(F)cc3)cn2)cc1Cl. The van der Waals surface area contributed by atoms with Crippen molar-refractivity contribution in [3.63, 3.8) is 0 Å². The van der Waals surface area contributed by atoms with Crippen LogP contribution in [0.25, 0.3) is 0 Å². The summed E-state index contributed by atoms with van der Waals surface area (Å²) >= 11 is 6.10. The van der Waals surface area contributed by atoms with E-state index < -0.39 is 0 Å². The van der Waals surface area contributed by atoms with Crippen molar-refractivity contribution in [2.24, 2.45) is 0 Å². The van der Waals surface area contributed by atoms with Gasteiger partial charge in [0.1, 0.15) is 17.3 Å². The normalized spacial score (nSPS) is 10.5. The second-order valence-corrected chi connectivity index (χ2v) is 6.42. The van der Waals surface area contributed by atoms with Crippen molar-refractivity contribution >= 4 is 29.0 Å². The molecule has 0 fully saturated rings. The number of amides is 1. The summed E-state index contributed by atoms with van der Waals surface area (Å²) in [5, 5.41) is 6.52. The maximum Gasteiger partial charge on any atom is 0.271 e. The van der Waals surface area contributed by atoms with Crippen LogP contribution in [0.2, 0.25) is 5.02 Å². The number of hydrogen-bond donors (Lipinski definition) is 2. The van der Waals surface area contributed by atoms with E-state index in [0.717, 1.165) is 16.8 Å². The third-order valence-electron chi connectivity index (χ3n) is 3.94. The number of carbonyl (C=O) groups is 1. The van der Waals surface area contributed by atoms with Crippen molar-refractivity contribution < 1.29 is 9.18 Å². The van der Waals surface area contributed by atoms with Crippen LogP contribution in [0, 0.1) is 12.7 Å². The van der Waals surface area contributed by atoms with Crippen LogP contribution < -0.4 is 10.6 Å². The average molecular weight is 385 g/mol. The number of anilines is 2. The molecular weight excluding hydrogens is 367 g/mol. The Hall–Kier alpha value is -2.99. The van der Waals surface area contributed by atoms with E-state index in [0.29, 0.717) is 23.8 Å². The molecule has 3 rings (SSSR count). The van der Waals surface area contributed by atoms with Crippen molar-refractivity contribution in [3.05, 3.63) is 82.5 Å². The van der Waals surface area contributed by atoms with Gasteiger partial charge in [0.05, 0.1) is 12.4 Å². The predicted octanol–water partition coefficient (Wildman–Crippen LogP) is 4.29. The predicted molar refractivity (Wildman–Crippen MR) is 104 cm³/mol. The molecule has 5 nitrogen and oxygen atoms in total. The summed E-state index contributed by atoms with van der Waals surface area (Å²) in [4.78, 5) is 20.5. The summed E-state index contributed by atoms with van der Waals surface area (Å²) in [6.45, 7) is 2.35. The van der Waals surface area contributed by atoms with Crippen molar-refractivity contribution in [1.82, 2.24) is 15.3 Å². The van der Waals surface area contributed by atoms with E-state index in [1.807, 2.05) is 19.1 Å². The topological polar surface area (TPSA) is 66.9 Å². The highest BCUT2D eigenvalue weighted by Crippen LogP contribution is 2.22. The molecule has 1 aromatic heterocycles. The monoisotopic (exact) mass is 384 g/mol. The van der Waals surface area contributed by atoms with E-state index in [2.05, 4.69) is 20.6 Å². The lowest BCUT2D eigenvalue weighted by atomic mass is 10.1. The summed E-state index contributed by atoms with van der Waals surface area (Å²) in [5.41, 5.74) is 2.94. The lowest BCUT2D eigenvalue weighted by Gasteiger charge is -2.08. The molecule has 0 saturated heterocycles. The Bertz CT molecular complexity index is 930. The molecular formula is C20H18ClFN4O. The van der Waals surface area contributed by atoms with Crippen LogP contribution in [0.1, 0.15) is 21.6 Å². The summed E-state index contributed by atoms with van der Waals surface area (Å²) in [7, 11) is 0. The van der Waals surface area contributed by atoms with E-state index in [1.165, 1.54) is 24.5 Å². The number of nitrogens with zero attached hydrogens (tertiary/aromatic N) is 2. The van der Waals surface area contributed by atoms with Crippen molar-refractivity contribution in [3.8, 4) is 0 Å². The van der Waals surface area contributed by atoms with Gasteiger partial charge in [-0.2, -0.15) is 0 Å². The standard InChI is InChI=1S/C20H18ClFN4O/c1-13-2-7-16(10-17(13)21)26-19-12-24-18(11-25-19)20(27)23-9-8-14-3-5-15(22)6-4-14/h2-7,10-12H,8-9H2,1H3,(H,23,27)(H,25,26). The highest BCUT2D eigenvalue weighted by atomic mass is 35.5. The van der Waals surface area contributed by atoms with Gasteiger partial charge in [0.15, 0.2) is 0 Å². The molecule has 0 bridgehead atoms. The smallest absolute Gasteiger partial charge is 0.271 e. The van der Waals surface area contributed by atoms with Crippen LogP contribution in [0.3, 0.4) is 0 Å². The fourth-order valence-electron chi connectivity index (χ4n) is 2.39. The van der Waals surface area contributed by atoms with Gasteiger partial charge < -0.3 is 10.6 Å². The molecule has 2 N–H and O–H groups in total. The average Bonchev–Trinajstić information content (AvgIpc) is 2.67. The second-order valence-electron chi connectivity index (χ2n) is 6.01. The maximum atomic E-state index is 12.9. The van der Waals surface area contributed by atoms with Gasteiger partial charge in [-0.1, -0.05) is 29.8 Å². The summed E-state index contributed by atoms with van der Waals surface area (Å²) in [6, 6.07) is 11.8. The van der Waals surface area contributed by atoms with Crippen LogP contribution in [0.15, 0.2) is 54.9 Å². The van der Waals surface area contributed by atoms with Gasteiger partial charge in [-0.15, -0.1) is 0 Å². The van der Waals surface area contributed by atoms with Gasteiger partial charge in [-0.05, 0) is 48.7 Å². The van der Waals surface area contributed by atoms with Gasteiger partial charge in [0, 0.05) is 17.3 Å². The molecule has 2 aromatic carbocycles. The number of aryl methyl sites for hydroxylation is 1. The van der Waals surface area contributed by atoms with Crippen LogP contribution in [0.5, 0.6) is 0 Å². The molecule has 3 aromatic rings. The fraction of sp³-hybridized carbons (Fsp3) is 0.150. The van der Waals surface area contributed by atoms with Crippen LogP contribution in [0.4, 0.5) is 15.9 Å². The number of nitrogens with one attached hydrogen (secondary N) is 2. The van der Waals surface area contributed by atoms with Crippen molar-refractivity contribution in [2.45, 2.75) is 13.3 Å². The third kappa shape index (κ3) is 5.24. The van der Waals surface area contributed by atoms with E-state index in [1.54, 1.807) is 18.2 Å². The molecule has 0 aliphatic rings. The molecule has 0 aliphatic carbocycles. The molecule has 27 heavy (non-hydrogen) atoms. The largest absolute Gasteiger partial charge is 0.350 e. The van der Waals surface area contributed by atoms with Crippen LogP contribution >= 0.6 is 11.6 Å². The molecule has 7 heteroatoms. The number of aromatic nitrogens is 2. The minimum absolute atomic E-state index is 0.224. The zero-order chi connectivity index (χ0) is 19.2. The van der Waals surface area contributed by atoms with Gasteiger partial charge in [0.2, 0.25) is 0 Å². The minimum Gasteiger partial charge on any atom is -0.350 e. The van der Waals surface area contributed by atoms with Gasteiger partial charge in [0.25, 0.3) is 5.91 Å². The number of rotatable bonds is 6. The van der Waals surface area contributed by atoms with Crippen molar-refractivity contribution in [2.75, 3.05) is 11.9 Å². The Morgan fingerprint density at radius 2 is 1.89 bits per heavy atom. The Morgan fingerprint density at radius 1 is 1.11 bits per heavy atom. The molecule has 138 valence electrons. The fourth-order valence-corrected chi connectivity index (χ4v) is 2.57. The number of hydrogen-bond acceptors (Lipinski definition) is 4. The number of benzene rings is 2. The van der Waals surface area contributed by atoms with Crippen LogP contribution in [-0.4, -0.2) is 22.4 Å². The molecule has 1 heterocycles. The first kappa shape index (κ1) is 18.8. The minimum atomic E-state index is -0.311. The number of halogens is 2.